The molecule has 2 heteroatoms. The average Bonchev–Trinajstić information content (AvgIpc) is 2.40. The zero-order chi connectivity index (χ0) is 12.8. The summed E-state index contributed by atoms with van der Waals surface area (Å²) in [4.78, 5) is 2.73. The summed E-state index contributed by atoms with van der Waals surface area (Å²) in [7, 11) is 0. The highest BCUT2D eigenvalue weighted by Crippen LogP contribution is 2.27. The summed E-state index contributed by atoms with van der Waals surface area (Å²) in [5.74, 6) is 1.88. The second-order valence-electron chi connectivity index (χ2n) is 6.59. The summed E-state index contributed by atoms with van der Waals surface area (Å²) in [6, 6.07) is 0.804. The molecule has 0 bridgehead atoms. The van der Waals surface area contributed by atoms with Crippen LogP contribution in [0.5, 0.6) is 0 Å². The first-order valence-corrected chi connectivity index (χ1v) is 8.25. The summed E-state index contributed by atoms with van der Waals surface area (Å²) >= 11 is 0. The van der Waals surface area contributed by atoms with E-state index in [2.05, 4.69) is 24.1 Å². The topological polar surface area (TPSA) is 15.3 Å². The van der Waals surface area contributed by atoms with Gasteiger partial charge in [-0.05, 0) is 63.6 Å². The van der Waals surface area contributed by atoms with Gasteiger partial charge in [0, 0.05) is 12.6 Å². The molecule has 0 spiro atoms. The van der Waals surface area contributed by atoms with Crippen LogP contribution in [0.3, 0.4) is 0 Å². The Morgan fingerprint density at radius 2 is 1.78 bits per heavy atom. The average molecular weight is 252 g/mol. The molecule has 2 unspecified atom stereocenters. The van der Waals surface area contributed by atoms with Crippen LogP contribution >= 0.6 is 0 Å². The van der Waals surface area contributed by atoms with Gasteiger partial charge in [0.15, 0.2) is 0 Å². The Bertz CT molecular complexity index is 221. The van der Waals surface area contributed by atoms with E-state index in [1.54, 1.807) is 0 Å². The molecule has 106 valence electrons. The van der Waals surface area contributed by atoms with Crippen molar-refractivity contribution in [2.75, 3.05) is 26.2 Å². The van der Waals surface area contributed by atoms with Gasteiger partial charge in [0.25, 0.3) is 0 Å². The summed E-state index contributed by atoms with van der Waals surface area (Å²) in [6.07, 6.45) is 9.86. The Hall–Kier alpha value is -0.0800. The summed E-state index contributed by atoms with van der Waals surface area (Å²) in [6.45, 7) is 9.93. The van der Waals surface area contributed by atoms with Gasteiger partial charge < -0.3 is 10.2 Å². The molecule has 0 aromatic carbocycles. The van der Waals surface area contributed by atoms with E-state index in [0.29, 0.717) is 0 Å². The van der Waals surface area contributed by atoms with Crippen LogP contribution in [0.15, 0.2) is 0 Å². The molecule has 18 heavy (non-hydrogen) atoms. The van der Waals surface area contributed by atoms with Gasteiger partial charge in [0.05, 0.1) is 0 Å². The van der Waals surface area contributed by atoms with E-state index < -0.39 is 0 Å². The maximum Gasteiger partial charge on any atom is 0.0107 e. The molecule has 0 radical (unpaired) electrons. The number of likely N-dealkylation sites (tertiary alicyclic amines) is 1. The van der Waals surface area contributed by atoms with Gasteiger partial charge in [-0.2, -0.15) is 0 Å². The van der Waals surface area contributed by atoms with Crippen LogP contribution in [-0.4, -0.2) is 37.1 Å². The number of hydrogen-bond acceptors (Lipinski definition) is 2. The third-order valence-corrected chi connectivity index (χ3v) is 4.93. The molecule has 1 aliphatic heterocycles. The molecule has 1 heterocycles. The van der Waals surface area contributed by atoms with E-state index in [-0.39, 0.29) is 0 Å². The van der Waals surface area contributed by atoms with Crippen LogP contribution in [0.4, 0.5) is 0 Å². The molecule has 2 fully saturated rings. The second-order valence-corrected chi connectivity index (χ2v) is 6.59. The van der Waals surface area contributed by atoms with Crippen molar-refractivity contribution in [2.45, 2.75) is 64.8 Å². The smallest absolute Gasteiger partial charge is 0.0107 e. The second kappa shape index (κ2) is 7.49. The van der Waals surface area contributed by atoms with Gasteiger partial charge in [-0.3, -0.25) is 0 Å². The Morgan fingerprint density at radius 3 is 2.50 bits per heavy atom. The Morgan fingerprint density at radius 1 is 1.06 bits per heavy atom. The van der Waals surface area contributed by atoms with Crippen molar-refractivity contribution in [2.24, 2.45) is 11.8 Å². The van der Waals surface area contributed by atoms with Crippen LogP contribution in [0.2, 0.25) is 0 Å². The van der Waals surface area contributed by atoms with Gasteiger partial charge in [-0.1, -0.05) is 26.7 Å². The minimum absolute atomic E-state index is 0.804. The highest BCUT2D eigenvalue weighted by molar-refractivity contribution is 4.84. The molecule has 2 aliphatic rings. The summed E-state index contributed by atoms with van der Waals surface area (Å²) < 4.78 is 0. The number of nitrogens with zero attached hydrogens (tertiary/aromatic N) is 1. The molecule has 1 N–H and O–H groups in total. The standard InChI is InChI=1S/C16H32N2/c1-3-10-17-16-7-5-4-6-15(16)13-18-11-8-14(2)9-12-18/h14-17H,3-13H2,1-2H3. The van der Waals surface area contributed by atoms with Crippen LogP contribution < -0.4 is 5.32 Å². The monoisotopic (exact) mass is 252 g/mol. The third kappa shape index (κ3) is 4.24. The van der Waals surface area contributed by atoms with Gasteiger partial charge in [0.1, 0.15) is 0 Å². The molecule has 0 amide bonds. The van der Waals surface area contributed by atoms with Crippen molar-refractivity contribution < 1.29 is 0 Å². The van der Waals surface area contributed by atoms with Gasteiger partial charge in [-0.25, -0.2) is 0 Å². The molecule has 1 saturated heterocycles. The first kappa shape index (κ1) is 14.3. The number of hydrogen-bond donors (Lipinski definition) is 1. The fourth-order valence-corrected chi connectivity index (χ4v) is 3.60. The molecule has 0 aromatic heterocycles. The minimum atomic E-state index is 0.804. The van der Waals surface area contributed by atoms with Crippen molar-refractivity contribution in [1.29, 1.82) is 0 Å². The van der Waals surface area contributed by atoms with Crippen molar-refractivity contribution in [3.8, 4) is 0 Å². The lowest BCUT2D eigenvalue weighted by Gasteiger charge is -2.38. The fraction of sp³-hybridized carbons (Fsp3) is 1.00. The van der Waals surface area contributed by atoms with Crippen molar-refractivity contribution >= 4 is 0 Å². The van der Waals surface area contributed by atoms with Gasteiger partial charge in [-0.15, -0.1) is 0 Å². The van der Waals surface area contributed by atoms with Crippen LogP contribution in [0, 0.1) is 11.8 Å². The largest absolute Gasteiger partial charge is 0.314 e. The van der Waals surface area contributed by atoms with Crippen LogP contribution in [-0.2, 0) is 0 Å². The predicted octanol–water partition coefficient (Wildman–Crippen LogP) is 3.28. The van der Waals surface area contributed by atoms with Crippen LogP contribution in [0.1, 0.15) is 58.8 Å². The molecule has 2 nitrogen and oxygen atoms in total. The van der Waals surface area contributed by atoms with E-state index in [9.17, 15) is 0 Å². The number of rotatable bonds is 5. The summed E-state index contributed by atoms with van der Waals surface area (Å²) in [5.41, 5.74) is 0. The van der Waals surface area contributed by atoms with E-state index in [1.165, 1.54) is 71.1 Å². The quantitative estimate of drug-likeness (QED) is 0.808. The molecule has 2 rings (SSSR count). The molecule has 0 aromatic rings. The minimum Gasteiger partial charge on any atom is -0.314 e. The zero-order valence-corrected chi connectivity index (χ0v) is 12.5. The van der Waals surface area contributed by atoms with Gasteiger partial charge >= 0.3 is 0 Å². The van der Waals surface area contributed by atoms with E-state index in [4.69, 9.17) is 0 Å². The van der Waals surface area contributed by atoms with Crippen molar-refractivity contribution in [3.63, 3.8) is 0 Å². The first-order valence-electron chi connectivity index (χ1n) is 8.25. The highest BCUT2D eigenvalue weighted by Gasteiger charge is 2.27. The normalized spacial score (nSPS) is 31.7. The Balaban J connectivity index is 1.77. The maximum absolute atomic E-state index is 3.79. The lowest BCUT2D eigenvalue weighted by Crippen LogP contribution is -2.46. The van der Waals surface area contributed by atoms with Crippen molar-refractivity contribution in [1.82, 2.24) is 10.2 Å². The zero-order valence-electron chi connectivity index (χ0n) is 12.5. The predicted molar refractivity (Wildman–Crippen MR) is 78.9 cm³/mol. The lowest BCUT2D eigenvalue weighted by molar-refractivity contribution is 0.132. The van der Waals surface area contributed by atoms with Crippen molar-refractivity contribution in [3.05, 3.63) is 0 Å². The lowest BCUT2D eigenvalue weighted by atomic mass is 9.83. The number of piperidine rings is 1. The maximum atomic E-state index is 3.79. The first-order chi connectivity index (χ1) is 8.79. The SMILES string of the molecule is CCCNC1CCCCC1CN1CCC(C)CC1. The molecular weight excluding hydrogens is 220 g/mol. The molecular formula is C16H32N2. The van der Waals surface area contributed by atoms with Crippen LogP contribution in [0.25, 0.3) is 0 Å². The highest BCUT2D eigenvalue weighted by atomic mass is 15.1. The third-order valence-electron chi connectivity index (χ3n) is 4.93. The Labute approximate surface area is 114 Å². The van der Waals surface area contributed by atoms with E-state index in [1.807, 2.05) is 0 Å². The fourth-order valence-electron chi connectivity index (χ4n) is 3.60. The van der Waals surface area contributed by atoms with E-state index >= 15 is 0 Å². The molecule has 1 saturated carbocycles. The number of nitrogens with one attached hydrogen (secondary N) is 1. The van der Waals surface area contributed by atoms with E-state index in [0.717, 1.165) is 17.9 Å². The summed E-state index contributed by atoms with van der Waals surface area (Å²) in [5, 5.41) is 3.79. The Kier molecular flexibility index (Phi) is 5.97. The molecule has 2 atom stereocenters. The van der Waals surface area contributed by atoms with Gasteiger partial charge in [0.2, 0.25) is 0 Å². The molecule has 1 aliphatic carbocycles.